The molecule has 1 atom stereocenters. The minimum absolute atomic E-state index is 0.111. The zero-order valence-electron chi connectivity index (χ0n) is 16.6. The lowest BCUT2D eigenvalue weighted by Crippen LogP contribution is -2.11. The van der Waals surface area contributed by atoms with Crippen LogP contribution in [0.4, 0.5) is 0 Å². The highest BCUT2D eigenvalue weighted by atomic mass is 17.2. The molecule has 0 heterocycles. The van der Waals surface area contributed by atoms with Gasteiger partial charge in [-0.05, 0) is 25.7 Å². The molecule has 1 N–H and O–H groups in total. The van der Waals surface area contributed by atoms with Gasteiger partial charge in [-0.25, -0.2) is 9.78 Å². The number of carboxylic acids is 1. The molecule has 0 bridgehead atoms. The minimum Gasteiger partial charge on any atom is -0.481 e. The number of unbranched alkanes of at least 4 members (excludes halogenated alkanes) is 7. The van der Waals surface area contributed by atoms with Crippen LogP contribution in [0.1, 0.15) is 105 Å². The molecule has 0 aromatic carbocycles. The number of hydrogen-bond donors (Lipinski definition) is 1. The summed E-state index contributed by atoms with van der Waals surface area (Å²) >= 11 is 0. The molecule has 4 nitrogen and oxygen atoms in total. The van der Waals surface area contributed by atoms with Crippen molar-refractivity contribution >= 4 is 5.97 Å². The second kappa shape index (κ2) is 22.4. The molecule has 4 heteroatoms. The first-order chi connectivity index (χ1) is 11.6. The fraction of sp³-hybridized carbons (Fsp3) is 0.950. The van der Waals surface area contributed by atoms with Crippen molar-refractivity contribution in [1.29, 1.82) is 0 Å². The minimum atomic E-state index is -0.643. The lowest BCUT2D eigenvalue weighted by atomic mass is 10.00. The number of carbonyl (C=O) groups is 1. The fourth-order valence-electron chi connectivity index (χ4n) is 2.25. The summed E-state index contributed by atoms with van der Waals surface area (Å²) < 4.78 is 0. The third-order valence-corrected chi connectivity index (χ3v) is 3.99. The van der Waals surface area contributed by atoms with E-state index in [4.69, 9.17) is 14.9 Å². The van der Waals surface area contributed by atoms with Crippen molar-refractivity contribution in [1.82, 2.24) is 0 Å². The lowest BCUT2D eigenvalue weighted by Gasteiger charge is -2.06. The molecule has 0 amide bonds. The Morgan fingerprint density at radius 2 is 1.21 bits per heavy atom. The molecule has 0 aliphatic carbocycles. The number of rotatable bonds is 16. The van der Waals surface area contributed by atoms with Crippen molar-refractivity contribution in [2.75, 3.05) is 13.2 Å². The van der Waals surface area contributed by atoms with Crippen molar-refractivity contribution in [3.63, 3.8) is 0 Å². The Hall–Kier alpha value is -0.610. The maximum absolute atomic E-state index is 10.4. The predicted octanol–water partition coefficient (Wildman–Crippen LogP) is 6.38. The molecule has 0 aliphatic heterocycles. The Bertz CT molecular complexity index is 232. The van der Waals surface area contributed by atoms with Gasteiger partial charge in [-0.2, -0.15) is 0 Å². The van der Waals surface area contributed by atoms with E-state index < -0.39 is 5.97 Å². The number of aliphatic carboxylic acids is 1. The van der Waals surface area contributed by atoms with Gasteiger partial charge in [0.2, 0.25) is 0 Å². The van der Waals surface area contributed by atoms with Gasteiger partial charge in [0.25, 0.3) is 0 Å². The monoisotopic (exact) mass is 346 g/mol. The SMILES string of the molecule is CCCCC(CC)C(=O)O.CCCCCCOOCCCCCC. The summed E-state index contributed by atoms with van der Waals surface area (Å²) in [6, 6.07) is 0. The highest BCUT2D eigenvalue weighted by Crippen LogP contribution is 2.11. The van der Waals surface area contributed by atoms with Crippen molar-refractivity contribution in [2.24, 2.45) is 5.92 Å². The topological polar surface area (TPSA) is 55.8 Å². The molecular weight excluding hydrogens is 304 g/mol. The first kappa shape index (κ1) is 25.6. The summed E-state index contributed by atoms with van der Waals surface area (Å²) in [4.78, 5) is 20.6. The predicted molar refractivity (Wildman–Crippen MR) is 101 cm³/mol. The van der Waals surface area contributed by atoms with Gasteiger partial charge >= 0.3 is 5.97 Å². The highest BCUT2D eigenvalue weighted by Gasteiger charge is 2.12. The van der Waals surface area contributed by atoms with Gasteiger partial charge in [0.1, 0.15) is 0 Å². The van der Waals surface area contributed by atoms with Crippen molar-refractivity contribution in [3.8, 4) is 0 Å². The van der Waals surface area contributed by atoms with Crippen LogP contribution in [0.25, 0.3) is 0 Å². The van der Waals surface area contributed by atoms with E-state index in [0.29, 0.717) is 0 Å². The Kier molecular flexibility index (Phi) is 23.9. The van der Waals surface area contributed by atoms with Gasteiger partial charge in [0.05, 0.1) is 19.1 Å². The Morgan fingerprint density at radius 1 is 0.750 bits per heavy atom. The summed E-state index contributed by atoms with van der Waals surface area (Å²) in [5.74, 6) is -0.754. The summed E-state index contributed by atoms with van der Waals surface area (Å²) in [5.41, 5.74) is 0. The van der Waals surface area contributed by atoms with Crippen LogP contribution in [-0.4, -0.2) is 24.3 Å². The molecular formula is C20H42O4. The quantitative estimate of drug-likeness (QED) is 0.200. The van der Waals surface area contributed by atoms with Gasteiger partial charge in [0.15, 0.2) is 0 Å². The number of hydrogen-bond acceptors (Lipinski definition) is 3. The van der Waals surface area contributed by atoms with E-state index in [9.17, 15) is 4.79 Å². The highest BCUT2D eigenvalue weighted by molar-refractivity contribution is 5.69. The molecule has 0 rings (SSSR count). The second-order valence-electron chi connectivity index (χ2n) is 6.35. The molecule has 0 radical (unpaired) electrons. The molecule has 0 saturated carbocycles. The van der Waals surface area contributed by atoms with E-state index in [1.165, 1.54) is 38.5 Å². The van der Waals surface area contributed by atoms with Crippen molar-refractivity contribution in [2.45, 2.75) is 105 Å². The van der Waals surface area contributed by atoms with E-state index in [2.05, 4.69) is 20.8 Å². The van der Waals surface area contributed by atoms with Crippen LogP contribution in [0.5, 0.6) is 0 Å². The van der Waals surface area contributed by atoms with E-state index in [1.807, 2.05) is 6.92 Å². The molecule has 0 fully saturated rings. The molecule has 0 aromatic heterocycles. The van der Waals surface area contributed by atoms with Crippen LogP contribution in [0.15, 0.2) is 0 Å². The Morgan fingerprint density at radius 3 is 1.54 bits per heavy atom. The second-order valence-corrected chi connectivity index (χ2v) is 6.35. The van der Waals surface area contributed by atoms with Crippen LogP contribution in [0.2, 0.25) is 0 Å². The van der Waals surface area contributed by atoms with Crippen molar-refractivity contribution in [3.05, 3.63) is 0 Å². The molecule has 24 heavy (non-hydrogen) atoms. The summed E-state index contributed by atoms with van der Waals surface area (Å²) in [6.45, 7) is 9.95. The normalized spacial score (nSPS) is 11.7. The molecule has 0 aromatic rings. The standard InChI is InChI=1S/C12H26O2.C8H16O2/c1-3-5-7-9-11-13-14-12-10-8-6-4-2;1-3-5-6-7(4-2)8(9)10/h3-12H2,1-2H3;7H,3-6H2,1-2H3,(H,9,10). The lowest BCUT2D eigenvalue weighted by molar-refractivity contribution is -0.295. The van der Waals surface area contributed by atoms with E-state index in [0.717, 1.165) is 51.7 Å². The number of carboxylic acid groups (broad SMARTS) is 1. The largest absolute Gasteiger partial charge is 0.481 e. The van der Waals surface area contributed by atoms with Gasteiger partial charge in [0, 0.05) is 0 Å². The zero-order chi connectivity index (χ0) is 18.5. The molecule has 0 saturated heterocycles. The van der Waals surface area contributed by atoms with Crippen LogP contribution in [0, 0.1) is 5.92 Å². The van der Waals surface area contributed by atoms with Crippen molar-refractivity contribution < 1.29 is 19.7 Å². The average Bonchev–Trinajstić information content (AvgIpc) is 2.57. The van der Waals surface area contributed by atoms with E-state index >= 15 is 0 Å². The van der Waals surface area contributed by atoms with Gasteiger partial charge in [-0.15, -0.1) is 0 Å². The third kappa shape index (κ3) is 21.4. The summed E-state index contributed by atoms with van der Waals surface area (Å²) in [5, 5.41) is 8.60. The van der Waals surface area contributed by atoms with E-state index in [1.54, 1.807) is 0 Å². The first-order valence-electron chi connectivity index (χ1n) is 10.1. The maximum Gasteiger partial charge on any atom is 0.306 e. The molecule has 146 valence electrons. The summed E-state index contributed by atoms with van der Waals surface area (Å²) in [7, 11) is 0. The van der Waals surface area contributed by atoms with Gasteiger partial charge < -0.3 is 5.11 Å². The average molecular weight is 347 g/mol. The first-order valence-corrected chi connectivity index (χ1v) is 10.1. The van der Waals surface area contributed by atoms with Gasteiger partial charge in [-0.3, -0.25) is 4.79 Å². The third-order valence-electron chi connectivity index (χ3n) is 3.99. The van der Waals surface area contributed by atoms with Crippen LogP contribution < -0.4 is 0 Å². The van der Waals surface area contributed by atoms with Gasteiger partial charge in [-0.1, -0.05) is 79.1 Å². The zero-order valence-corrected chi connectivity index (χ0v) is 16.6. The molecule has 0 spiro atoms. The molecule has 1 unspecified atom stereocenters. The van der Waals surface area contributed by atoms with Crippen LogP contribution >= 0.6 is 0 Å². The van der Waals surface area contributed by atoms with Crippen LogP contribution in [-0.2, 0) is 14.6 Å². The fourth-order valence-corrected chi connectivity index (χ4v) is 2.25. The maximum atomic E-state index is 10.4. The Balaban J connectivity index is 0. The van der Waals surface area contributed by atoms with Crippen LogP contribution in [0.3, 0.4) is 0 Å². The smallest absolute Gasteiger partial charge is 0.306 e. The molecule has 0 aliphatic rings. The summed E-state index contributed by atoms with van der Waals surface area (Å²) in [6.07, 6.45) is 13.7. The van der Waals surface area contributed by atoms with E-state index in [-0.39, 0.29) is 5.92 Å². The Labute approximate surface area is 150 Å².